The number of hydrogen-bond donors (Lipinski definition) is 1. The summed E-state index contributed by atoms with van der Waals surface area (Å²) in [6.45, 7) is 6.16. The quantitative estimate of drug-likeness (QED) is 0.704. The zero-order chi connectivity index (χ0) is 9.26. The van der Waals surface area contributed by atoms with Crippen molar-refractivity contribution in [3.8, 4) is 0 Å². The van der Waals surface area contributed by atoms with Crippen molar-refractivity contribution in [2.75, 3.05) is 13.1 Å². The summed E-state index contributed by atoms with van der Waals surface area (Å²) in [4.78, 5) is 4.27. The molecular weight excluding hydrogens is 166 g/mol. The molecule has 1 aromatic rings. The van der Waals surface area contributed by atoms with Crippen LogP contribution >= 0.6 is 0 Å². The minimum absolute atomic E-state index is 0.398. The molecule has 0 unspecified atom stereocenters. The van der Waals surface area contributed by atoms with E-state index in [0.29, 0.717) is 11.8 Å². The van der Waals surface area contributed by atoms with Gasteiger partial charge in [-0.15, -0.1) is 0 Å². The van der Waals surface area contributed by atoms with Crippen molar-refractivity contribution in [1.29, 1.82) is 0 Å². The standard InChI is InChI=1S/C9H15N3O/c1-6-3-4-10-5-8(6)9-11-7(2)12-13-9/h6,8,10H,3-5H2,1-2H3/t6-,8-/m1/s1. The average molecular weight is 181 g/mol. The molecule has 4 heteroatoms. The van der Waals surface area contributed by atoms with Gasteiger partial charge >= 0.3 is 0 Å². The highest BCUT2D eigenvalue weighted by Crippen LogP contribution is 2.27. The summed E-state index contributed by atoms with van der Waals surface area (Å²) in [6, 6.07) is 0. The summed E-state index contributed by atoms with van der Waals surface area (Å²) in [5, 5.41) is 7.16. The second kappa shape index (κ2) is 3.46. The van der Waals surface area contributed by atoms with E-state index in [0.717, 1.165) is 24.8 Å². The molecule has 0 aliphatic carbocycles. The zero-order valence-corrected chi connectivity index (χ0v) is 8.08. The predicted molar refractivity (Wildman–Crippen MR) is 48.4 cm³/mol. The molecule has 0 saturated carbocycles. The van der Waals surface area contributed by atoms with Crippen LogP contribution < -0.4 is 5.32 Å². The zero-order valence-electron chi connectivity index (χ0n) is 8.08. The Hall–Kier alpha value is -0.900. The van der Waals surface area contributed by atoms with Crippen LogP contribution in [0.25, 0.3) is 0 Å². The summed E-state index contributed by atoms with van der Waals surface area (Å²) in [6.07, 6.45) is 1.19. The molecule has 1 aliphatic rings. The molecule has 1 saturated heterocycles. The van der Waals surface area contributed by atoms with Crippen molar-refractivity contribution in [2.45, 2.75) is 26.2 Å². The van der Waals surface area contributed by atoms with Crippen LogP contribution in [0, 0.1) is 12.8 Å². The lowest BCUT2D eigenvalue weighted by molar-refractivity contribution is 0.270. The lowest BCUT2D eigenvalue weighted by atomic mass is 9.88. The van der Waals surface area contributed by atoms with Gasteiger partial charge in [0.05, 0.1) is 5.92 Å². The molecule has 4 nitrogen and oxygen atoms in total. The summed E-state index contributed by atoms with van der Waals surface area (Å²) in [5.41, 5.74) is 0. The first-order valence-electron chi connectivity index (χ1n) is 4.78. The molecule has 0 aromatic carbocycles. The van der Waals surface area contributed by atoms with Crippen LogP contribution in [-0.2, 0) is 0 Å². The third kappa shape index (κ3) is 1.72. The number of nitrogens with zero attached hydrogens (tertiary/aromatic N) is 2. The Labute approximate surface area is 77.7 Å². The number of aromatic nitrogens is 2. The van der Waals surface area contributed by atoms with E-state index in [1.807, 2.05) is 6.92 Å². The van der Waals surface area contributed by atoms with Gasteiger partial charge in [-0.3, -0.25) is 0 Å². The number of aryl methyl sites for hydroxylation is 1. The highest BCUT2D eigenvalue weighted by Gasteiger charge is 2.27. The number of rotatable bonds is 1. The third-order valence-corrected chi connectivity index (χ3v) is 2.69. The second-order valence-corrected chi connectivity index (χ2v) is 3.76. The molecule has 1 fully saturated rings. The van der Waals surface area contributed by atoms with Crippen LogP contribution in [0.2, 0.25) is 0 Å². The van der Waals surface area contributed by atoms with Gasteiger partial charge in [0.15, 0.2) is 5.82 Å². The first kappa shape index (κ1) is 8.69. The smallest absolute Gasteiger partial charge is 0.231 e. The van der Waals surface area contributed by atoms with Crippen LogP contribution in [0.4, 0.5) is 0 Å². The summed E-state index contributed by atoms with van der Waals surface area (Å²) < 4.78 is 5.17. The monoisotopic (exact) mass is 181 g/mol. The SMILES string of the molecule is Cc1noc([C@@H]2CNCC[C@H]2C)n1. The highest BCUT2D eigenvalue weighted by atomic mass is 16.5. The fraction of sp³-hybridized carbons (Fsp3) is 0.778. The Bertz CT molecular complexity index is 284. The van der Waals surface area contributed by atoms with Crippen molar-refractivity contribution in [2.24, 2.45) is 5.92 Å². The topological polar surface area (TPSA) is 51.0 Å². The van der Waals surface area contributed by atoms with Gasteiger partial charge in [0.25, 0.3) is 0 Å². The van der Waals surface area contributed by atoms with E-state index >= 15 is 0 Å². The Morgan fingerprint density at radius 2 is 2.38 bits per heavy atom. The van der Waals surface area contributed by atoms with E-state index < -0.39 is 0 Å². The van der Waals surface area contributed by atoms with E-state index in [-0.39, 0.29) is 0 Å². The van der Waals surface area contributed by atoms with Crippen LogP contribution in [0.15, 0.2) is 4.52 Å². The summed E-state index contributed by atoms with van der Waals surface area (Å²) in [5.74, 6) is 2.56. The van der Waals surface area contributed by atoms with E-state index in [4.69, 9.17) is 4.52 Å². The normalized spacial score (nSPS) is 29.1. The predicted octanol–water partition coefficient (Wildman–Crippen LogP) is 1.09. The van der Waals surface area contributed by atoms with Crippen molar-refractivity contribution < 1.29 is 4.52 Å². The van der Waals surface area contributed by atoms with Gasteiger partial charge in [-0.2, -0.15) is 4.98 Å². The van der Waals surface area contributed by atoms with E-state index in [1.165, 1.54) is 6.42 Å². The Morgan fingerprint density at radius 3 is 3.00 bits per heavy atom. The van der Waals surface area contributed by atoms with Crippen molar-refractivity contribution in [3.63, 3.8) is 0 Å². The molecule has 0 bridgehead atoms. The molecule has 1 N–H and O–H groups in total. The van der Waals surface area contributed by atoms with E-state index in [2.05, 4.69) is 22.4 Å². The van der Waals surface area contributed by atoms with Gasteiger partial charge in [-0.05, 0) is 25.8 Å². The number of nitrogens with one attached hydrogen (secondary N) is 1. The van der Waals surface area contributed by atoms with Crippen molar-refractivity contribution in [1.82, 2.24) is 15.5 Å². The Kier molecular flexibility index (Phi) is 2.31. The average Bonchev–Trinajstić information content (AvgIpc) is 2.53. The van der Waals surface area contributed by atoms with Gasteiger partial charge in [0.2, 0.25) is 5.89 Å². The van der Waals surface area contributed by atoms with Crippen LogP contribution in [0.1, 0.15) is 31.0 Å². The van der Waals surface area contributed by atoms with Crippen molar-refractivity contribution >= 4 is 0 Å². The van der Waals surface area contributed by atoms with E-state index in [9.17, 15) is 0 Å². The minimum Gasteiger partial charge on any atom is -0.339 e. The lowest BCUT2D eigenvalue weighted by Gasteiger charge is -2.26. The Balaban J connectivity index is 2.14. The fourth-order valence-electron chi connectivity index (χ4n) is 1.78. The largest absolute Gasteiger partial charge is 0.339 e. The van der Waals surface area contributed by atoms with Crippen molar-refractivity contribution in [3.05, 3.63) is 11.7 Å². The molecule has 13 heavy (non-hydrogen) atoms. The maximum Gasteiger partial charge on any atom is 0.231 e. The molecule has 1 aromatic heterocycles. The number of piperidine rings is 1. The first-order chi connectivity index (χ1) is 6.27. The molecule has 2 atom stereocenters. The minimum atomic E-state index is 0.398. The lowest BCUT2D eigenvalue weighted by Crippen LogP contribution is -2.34. The Morgan fingerprint density at radius 1 is 1.54 bits per heavy atom. The highest BCUT2D eigenvalue weighted by molar-refractivity contribution is 4.98. The molecule has 2 heterocycles. The fourth-order valence-corrected chi connectivity index (χ4v) is 1.78. The third-order valence-electron chi connectivity index (χ3n) is 2.69. The van der Waals surface area contributed by atoms with E-state index in [1.54, 1.807) is 0 Å². The van der Waals surface area contributed by atoms with Gasteiger partial charge < -0.3 is 9.84 Å². The molecule has 0 spiro atoms. The maximum absolute atomic E-state index is 5.17. The van der Waals surface area contributed by atoms with Gasteiger partial charge in [0, 0.05) is 6.54 Å². The molecule has 0 amide bonds. The molecule has 72 valence electrons. The molecular formula is C9H15N3O. The van der Waals surface area contributed by atoms with Crippen LogP contribution in [0.3, 0.4) is 0 Å². The van der Waals surface area contributed by atoms with Gasteiger partial charge in [0.1, 0.15) is 0 Å². The molecule has 0 radical (unpaired) electrons. The first-order valence-corrected chi connectivity index (χ1v) is 4.78. The van der Waals surface area contributed by atoms with Crippen LogP contribution in [-0.4, -0.2) is 23.2 Å². The maximum atomic E-state index is 5.17. The number of hydrogen-bond acceptors (Lipinski definition) is 4. The van der Waals surface area contributed by atoms with Gasteiger partial charge in [-0.1, -0.05) is 12.1 Å². The van der Waals surface area contributed by atoms with Crippen LogP contribution in [0.5, 0.6) is 0 Å². The summed E-state index contributed by atoms with van der Waals surface area (Å²) in [7, 11) is 0. The molecule has 2 rings (SSSR count). The van der Waals surface area contributed by atoms with Gasteiger partial charge in [-0.25, -0.2) is 0 Å². The summed E-state index contributed by atoms with van der Waals surface area (Å²) >= 11 is 0. The second-order valence-electron chi connectivity index (χ2n) is 3.76. The molecule has 1 aliphatic heterocycles.